The van der Waals surface area contributed by atoms with E-state index in [-0.39, 0.29) is 11.1 Å². The standard InChI is InChI=1S/C10H7FO2/c11-10-5-1-3-8(7-13)9(10)4-2-6-12/h1-7H. The van der Waals surface area contributed by atoms with E-state index in [1.165, 1.54) is 24.3 Å². The smallest absolute Gasteiger partial charge is 0.150 e. The van der Waals surface area contributed by atoms with Crippen molar-refractivity contribution < 1.29 is 14.0 Å². The highest BCUT2D eigenvalue weighted by Crippen LogP contribution is 2.13. The Bertz CT molecular complexity index is 356. The van der Waals surface area contributed by atoms with Crippen LogP contribution >= 0.6 is 0 Å². The van der Waals surface area contributed by atoms with Crippen LogP contribution in [0.5, 0.6) is 0 Å². The molecule has 0 saturated heterocycles. The molecule has 0 heterocycles. The molecule has 1 aromatic rings. The van der Waals surface area contributed by atoms with Gasteiger partial charge in [-0.25, -0.2) is 4.39 Å². The van der Waals surface area contributed by atoms with E-state index in [2.05, 4.69) is 0 Å². The van der Waals surface area contributed by atoms with Crippen molar-refractivity contribution in [2.24, 2.45) is 0 Å². The predicted molar refractivity (Wildman–Crippen MR) is 46.9 cm³/mol. The maximum absolute atomic E-state index is 13.0. The van der Waals surface area contributed by atoms with Crippen LogP contribution in [0.25, 0.3) is 6.08 Å². The topological polar surface area (TPSA) is 34.1 Å². The Hall–Kier alpha value is -1.77. The minimum absolute atomic E-state index is 0.143. The molecule has 0 radical (unpaired) electrons. The van der Waals surface area contributed by atoms with Crippen molar-refractivity contribution in [1.29, 1.82) is 0 Å². The third-order valence-electron chi connectivity index (χ3n) is 1.56. The first-order valence-electron chi connectivity index (χ1n) is 3.65. The van der Waals surface area contributed by atoms with E-state index >= 15 is 0 Å². The van der Waals surface area contributed by atoms with Gasteiger partial charge >= 0.3 is 0 Å². The summed E-state index contributed by atoms with van der Waals surface area (Å²) in [5, 5.41) is 0. The van der Waals surface area contributed by atoms with Crippen molar-refractivity contribution in [3.05, 3.63) is 41.2 Å². The van der Waals surface area contributed by atoms with E-state index in [0.717, 1.165) is 6.08 Å². The summed E-state index contributed by atoms with van der Waals surface area (Å²) in [6.45, 7) is 0. The molecule has 1 rings (SSSR count). The van der Waals surface area contributed by atoms with Crippen LogP contribution < -0.4 is 0 Å². The molecular formula is C10H7FO2. The molecule has 0 bridgehead atoms. The van der Waals surface area contributed by atoms with Gasteiger partial charge < -0.3 is 0 Å². The summed E-state index contributed by atoms with van der Waals surface area (Å²) in [4.78, 5) is 20.4. The van der Waals surface area contributed by atoms with Crippen LogP contribution in [-0.2, 0) is 4.79 Å². The van der Waals surface area contributed by atoms with Crippen LogP contribution in [0.2, 0.25) is 0 Å². The molecule has 3 heteroatoms. The molecule has 0 saturated carbocycles. The maximum Gasteiger partial charge on any atom is 0.150 e. The van der Waals surface area contributed by atoms with Gasteiger partial charge in [-0.3, -0.25) is 9.59 Å². The van der Waals surface area contributed by atoms with Crippen molar-refractivity contribution in [3.63, 3.8) is 0 Å². The van der Waals surface area contributed by atoms with Gasteiger partial charge in [0.25, 0.3) is 0 Å². The second kappa shape index (κ2) is 4.30. The summed E-state index contributed by atoms with van der Waals surface area (Å²) in [6, 6.07) is 4.16. The van der Waals surface area contributed by atoms with Crippen LogP contribution in [0.15, 0.2) is 24.3 Å². The Morgan fingerprint density at radius 1 is 1.23 bits per heavy atom. The highest BCUT2D eigenvalue weighted by Gasteiger charge is 2.02. The van der Waals surface area contributed by atoms with E-state index in [4.69, 9.17) is 0 Å². The van der Waals surface area contributed by atoms with Crippen LogP contribution in [0, 0.1) is 5.82 Å². The predicted octanol–water partition coefficient (Wildman–Crippen LogP) is 1.85. The molecule has 0 unspecified atom stereocenters. The zero-order valence-electron chi connectivity index (χ0n) is 6.74. The van der Waals surface area contributed by atoms with E-state index in [1.54, 1.807) is 0 Å². The van der Waals surface area contributed by atoms with Gasteiger partial charge in [-0.05, 0) is 18.2 Å². The van der Waals surface area contributed by atoms with E-state index in [9.17, 15) is 14.0 Å². The lowest BCUT2D eigenvalue weighted by molar-refractivity contribution is -0.104. The van der Waals surface area contributed by atoms with Crippen molar-refractivity contribution in [3.8, 4) is 0 Å². The summed E-state index contributed by atoms with van der Waals surface area (Å²) >= 11 is 0. The lowest BCUT2D eigenvalue weighted by Gasteiger charge is -1.98. The molecule has 0 amide bonds. The quantitative estimate of drug-likeness (QED) is 0.522. The minimum Gasteiger partial charge on any atom is -0.299 e. The molecule has 0 N–H and O–H groups in total. The first kappa shape index (κ1) is 9.32. The summed E-state index contributed by atoms with van der Waals surface area (Å²) in [5.41, 5.74) is 0.378. The number of carbonyl (C=O) groups is 2. The molecule has 0 aliphatic carbocycles. The van der Waals surface area contributed by atoms with Crippen LogP contribution in [-0.4, -0.2) is 12.6 Å². The number of benzene rings is 1. The van der Waals surface area contributed by atoms with Crippen molar-refractivity contribution in [1.82, 2.24) is 0 Å². The molecule has 0 aliphatic rings. The van der Waals surface area contributed by atoms with Gasteiger partial charge in [-0.1, -0.05) is 12.1 Å². The highest BCUT2D eigenvalue weighted by atomic mass is 19.1. The summed E-state index contributed by atoms with van der Waals surface area (Å²) in [7, 11) is 0. The fraction of sp³-hybridized carbons (Fsp3) is 0. The molecule has 0 aliphatic heterocycles. The molecule has 0 fully saturated rings. The van der Waals surface area contributed by atoms with Crippen LogP contribution in [0.4, 0.5) is 4.39 Å². The summed E-state index contributed by atoms with van der Waals surface area (Å²) in [5.74, 6) is -0.511. The zero-order chi connectivity index (χ0) is 9.68. The lowest BCUT2D eigenvalue weighted by Crippen LogP contribution is -1.90. The SMILES string of the molecule is O=CC=Cc1c(F)cccc1C=O. The second-order valence-corrected chi connectivity index (χ2v) is 2.36. The number of allylic oxidation sites excluding steroid dienone is 1. The average Bonchev–Trinajstić information content (AvgIpc) is 2.15. The molecule has 13 heavy (non-hydrogen) atoms. The number of aldehydes is 2. The summed E-state index contributed by atoms with van der Waals surface area (Å²) < 4.78 is 13.0. The monoisotopic (exact) mass is 178 g/mol. The summed E-state index contributed by atoms with van der Waals surface area (Å²) in [6.07, 6.45) is 3.49. The first-order valence-corrected chi connectivity index (χ1v) is 3.65. The Kier molecular flexibility index (Phi) is 3.09. The molecule has 1 aromatic carbocycles. The van der Waals surface area contributed by atoms with Crippen molar-refractivity contribution in [2.75, 3.05) is 0 Å². The Morgan fingerprint density at radius 3 is 2.62 bits per heavy atom. The number of halogens is 1. The minimum atomic E-state index is -0.511. The third-order valence-corrected chi connectivity index (χ3v) is 1.56. The molecule has 0 spiro atoms. The van der Waals surface area contributed by atoms with Gasteiger partial charge in [-0.2, -0.15) is 0 Å². The Balaban J connectivity index is 3.22. The van der Waals surface area contributed by atoms with Gasteiger partial charge in [0.1, 0.15) is 12.1 Å². The van der Waals surface area contributed by atoms with Gasteiger partial charge in [-0.15, -0.1) is 0 Å². The van der Waals surface area contributed by atoms with Gasteiger partial charge in [0, 0.05) is 11.1 Å². The number of carbonyl (C=O) groups excluding carboxylic acids is 2. The van der Waals surface area contributed by atoms with Gasteiger partial charge in [0.15, 0.2) is 6.29 Å². The molecule has 66 valence electrons. The first-order chi connectivity index (χ1) is 6.29. The lowest BCUT2D eigenvalue weighted by atomic mass is 10.1. The average molecular weight is 178 g/mol. The fourth-order valence-electron chi connectivity index (χ4n) is 0.968. The third kappa shape index (κ3) is 2.08. The number of rotatable bonds is 3. The fourth-order valence-corrected chi connectivity index (χ4v) is 0.968. The van der Waals surface area contributed by atoms with Crippen molar-refractivity contribution >= 4 is 18.6 Å². The normalized spacial score (nSPS) is 10.2. The van der Waals surface area contributed by atoms with E-state index < -0.39 is 5.82 Å². The molecule has 0 atom stereocenters. The maximum atomic E-state index is 13.0. The van der Waals surface area contributed by atoms with Gasteiger partial charge in [0.2, 0.25) is 0 Å². The zero-order valence-corrected chi connectivity index (χ0v) is 6.74. The van der Waals surface area contributed by atoms with Crippen molar-refractivity contribution in [2.45, 2.75) is 0 Å². The van der Waals surface area contributed by atoms with E-state index in [0.29, 0.717) is 12.6 Å². The Morgan fingerprint density at radius 2 is 2.00 bits per heavy atom. The molecule has 2 nitrogen and oxygen atoms in total. The highest BCUT2D eigenvalue weighted by molar-refractivity contribution is 5.84. The largest absolute Gasteiger partial charge is 0.299 e. The second-order valence-electron chi connectivity index (χ2n) is 2.36. The van der Waals surface area contributed by atoms with Crippen LogP contribution in [0.3, 0.4) is 0 Å². The van der Waals surface area contributed by atoms with Gasteiger partial charge in [0.05, 0.1) is 0 Å². The number of hydrogen-bond acceptors (Lipinski definition) is 2. The number of hydrogen-bond donors (Lipinski definition) is 0. The van der Waals surface area contributed by atoms with E-state index in [1.807, 2.05) is 0 Å². The molecule has 0 aromatic heterocycles. The van der Waals surface area contributed by atoms with Crippen LogP contribution in [0.1, 0.15) is 15.9 Å². The Labute approximate surface area is 74.7 Å². The molecular weight excluding hydrogens is 171 g/mol.